The van der Waals surface area contributed by atoms with E-state index in [0.717, 1.165) is 25.2 Å². The van der Waals surface area contributed by atoms with Crippen LogP contribution < -0.4 is 0 Å². The van der Waals surface area contributed by atoms with Crippen molar-refractivity contribution in [2.75, 3.05) is 20.1 Å². The molecule has 5 heteroatoms. The molecule has 0 aromatic carbocycles. The highest BCUT2D eigenvalue weighted by Gasteiger charge is 2.39. The molecule has 0 aromatic rings. The van der Waals surface area contributed by atoms with E-state index < -0.39 is 0 Å². The highest BCUT2D eigenvalue weighted by molar-refractivity contribution is 6.31. The van der Waals surface area contributed by atoms with Gasteiger partial charge in [-0.15, -0.1) is 0 Å². The third-order valence-corrected chi connectivity index (χ3v) is 4.38. The van der Waals surface area contributed by atoms with Crippen LogP contribution >= 0.6 is 11.6 Å². The van der Waals surface area contributed by atoms with Crippen LogP contribution in [0.1, 0.15) is 26.2 Å². The van der Waals surface area contributed by atoms with Crippen molar-refractivity contribution in [2.24, 2.45) is 16.0 Å². The molecule has 1 atom stereocenters. The lowest BCUT2D eigenvalue weighted by atomic mass is 9.90. The lowest BCUT2D eigenvalue weighted by Gasteiger charge is -2.37. The minimum Gasteiger partial charge on any atom is -0.306 e. The van der Waals surface area contributed by atoms with Crippen molar-refractivity contribution in [3.8, 4) is 0 Å². The van der Waals surface area contributed by atoms with Crippen LogP contribution in [0, 0.1) is 5.92 Å². The van der Waals surface area contributed by atoms with Crippen molar-refractivity contribution >= 4 is 23.5 Å². The van der Waals surface area contributed by atoms with Crippen LogP contribution in [0.4, 0.5) is 0 Å². The zero-order valence-electron chi connectivity index (χ0n) is 10.9. The second-order valence-electron chi connectivity index (χ2n) is 5.61. The Labute approximate surface area is 113 Å². The number of hydrazone groups is 1. The van der Waals surface area contributed by atoms with Gasteiger partial charge >= 0.3 is 0 Å². The molecule has 0 aliphatic carbocycles. The van der Waals surface area contributed by atoms with Gasteiger partial charge in [0.15, 0.2) is 5.66 Å². The summed E-state index contributed by atoms with van der Waals surface area (Å²) in [5.41, 5.74) is 0.877. The van der Waals surface area contributed by atoms with E-state index in [1.807, 2.05) is 17.3 Å². The molecule has 3 heterocycles. The third kappa shape index (κ3) is 1.97. The minimum atomic E-state index is -0.287. The van der Waals surface area contributed by atoms with Crippen LogP contribution in [0.25, 0.3) is 0 Å². The van der Waals surface area contributed by atoms with E-state index in [-0.39, 0.29) is 5.66 Å². The summed E-state index contributed by atoms with van der Waals surface area (Å²) in [6.45, 7) is 4.39. The van der Waals surface area contributed by atoms with Crippen LogP contribution in [0.3, 0.4) is 0 Å². The Balaban J connectivity index is 1.83. The zero-order chi connectivity index (χ0) is 12.8. The van der Waals surface area contributed by atoms with Crippen LogP contribution in [0.2, 0.25) is 0 Å². The Morgan fingerprint density at radius 1 is 1.39 bits per heavy atom. The quantitative estimate of drug-likeness (QED) is 0.682. The van der Waals surface area contributed by atoms with Crippen molar-refractivity contribution < 1.29 is 0 Å². The first-order chi connectivity index (χ1) is 8.58. The molecule has 1 saturated heterocycles. The number of likely N-dealkylation sites (tertiary alicyclic amines) is 1. The second kappa shape index (κ2) is 4.35. The number of nitrogens with zero attached hydrogens (tertiary/aromatic N) is 4. The maximum absolute atomic E-state index is 6.33. The van der Waals surface area contributed by atoms with E-state index in [0.29, 0.717) is 11.1 Å². The van der Waals surface area contributed by atoms with Gasteiger partial charge in [0.05, 0.1) is 0 Å². The first-order valence-corrected chi connectivity index (χ1v) is 6.94. The second-order valence-corrected chi connectivity index (χ2v) is 6.00. The fourth-order valence-electron chi connectivity index (χ4n) is 2.89. The number of rotatable bonds is 1. The van der Waals surface area contributed by atoms with Crippen molar-refractivity contribution in [1.82, 2.24) is 9.91 Å². The SMILES string of the molecule is CN1CCC(C2=NC3(C)CC=NN3C(Cl)=C2)CC1. The molecular formula is C13H19ClN4. The van der Waals surface area contributed by atoms with E-state index in [9.17, 15) is 0 Å². The molecule has 4 nitrogen and oxygen atoms in total. The number of hydrogen-bond donors (Lipinski definition) is 0. The molecule has 0 amide bonds. The van der Waals surface area contributed by atoms with Crippen molar-refractivity contribution in [3.05, 3.63) is 11.2 Å². The number of fused-ring (bicyclic) bond motifs is 1. The van der Waals surface area contributed by atoms with Gasteiger partial charge in [-0.25, -0.2) is 5.01 Å². The summed E-state index contributed by atoms with van der Waals surface area (Å²) in [7, 11) is 2.18. The van der Waals surface area contributed by atoms with Gasteiger partial charge in [0.1, 0.15) is 5.16 Å². The summed E-state index contributed by atoms with van der Waals surface area (Å²) in [5.74, 6) is 0.550. The molecule has 0 aromatic heterocycles. The average Bonchev–Trinajstić information content (AvgIpc) is 2.72. The summed E-state index contributed by atoms with van der Waals surface area (Å²) >= 11 is 6.33. The van der Waals surface area contributed by atoms with E-state index in [4.69, 9.17) is 16.6 Å². The average molecular weight is 267 g/mol. The van der Waals surface area contributed by atoms with Crippen LogP contribution in [0.5, 0.6) is 0 Å². The molecule has 1 unspecified atom stereocenters. The lowest BCUT2D eigenvalue weighted by Crippen LogP contribution is -2.42. The van der Waals surface area contributed by atoms with Gasteiger partial charge in [-0.05, 0) is 46.0 Å². The molecule has 0 spiro atoms. The van der Waals surface area contributed by atoms with Crippen molar-refractivity contribution in [1.29, 1.82) is 0 Å². The van der Waals surface area contributed by atoms with Gasteiger partial charge in [-0.2, -0.15) is 5.10 Å². The van der Waals surface area contributed by atoms with E-state index in [2.05, 4.69) is 24.0 Å². The predicted molar refractivity (Wildman–Crippen MR) is 74.9 cm³/mol. The fourth-order valence-corrected chi connectivity index (χ4v) is 3.23. The number of hydrogen-bond acceptors (Lipinski definition) is 4. The number of halogens is 1. The number of aliphatic imine (C=N–C) groups is 1. The van der Waals surface area contributed by atoms with Gasteiger partial charge in [-0.1, -0.05) is 11.6 Å². The maximum atomic E-state index is 6.33. The predicted octanol–water partition coefficient (Wildman–Crippen LogP) is 2.27. The Bertz CT molecular complexity index is 434. The topological polar surface area (TPSA) is 31.2 Å². The Kier molecular flexibility index (Phi) is 2.94. The summed E-state index contributed by atoms with van der Waals surface area (Å²) in [6, 6.07) is 0. The molecule has 1 fully saturated rings. The lowest BCUT2D eigenvalue weighted by molar-refractivity contribution is 0.197. The molecule has 0 N–H and O–H groups in total. The highest BCUT2D eigenvalue weighted by atomic mass is 35.5. The molecular weight excluding hydrogens is 248 g/mol. The van der Waals surface area contributed by atoms with E-state index in [1.165, 1.54) is 12.8 Å². The molecule has 3 aliphatic heterocycles. The van der Waals surface area contributed by atoms with Crippen LogP contribution in [-0.4, -0.2) is 47.6 Å². The first kappa shape index (κ1) is 12.2. The third-order valence-electron chi connectivity index (χ3n) is 4.11. The molecule has 0 bridgehead atoms. The summed E-state index contributed by atoms with van der Waals surface area (Å²) in [4.78, 5) is 7.29. The number of piperidine rings is 1. The molecule has 98 valence electrons. The molecule has 3 rings (SSSR count). The molecule has 0 saturated carbocycles. The van der Waals surface area contributed by atoms with Gasteiger partial charge in [0.25, 0.3) is 0 Å². The van der Waals surface area contributed by atoms with Gasteiger partial charge in [-0.3, -0.25) is 4.99 Å². The summed E-state index contributed by atoms with van der Waals surface area (Å²) < 4.78 is 0. The van der Waals surface area contributed by atoms with Gasteiger partial charge in [0, 0.05) is 24.3 Å². The van der Waals surface area contributed by atoms with Gasteiger partial charge in [0.2, 0.25) is 0 Å². The van der Waals surface area contributed by atoms with E-state index in [1.54, 1.807) is 0 Å². The molecule has 3 aliphatic rings. The van der Waals surface area contributed by atoms with E-state index >= 15 is 0 Å². The fraction of sp³-hybridized carbons (Fsp3) is 0.692. The standard InChI is InChI=1S/C13H19ClN4/c1-13-5-6-15-18(13)12(14)9-11(16-13)10-3-7-17(2)8-4-10/h6,9-10H,3-5,7-8H2,1-2H3. The monoisotopic (exact) mass is 266 g/mol. The Morgan fingerprint density at radius 3 is 2.83 bits per heavy atom. The number of allylic oxidation sites excluding steroid dienone is 1. The Hall–Kier alpha value is -0.870. The first-order valence-electron chi connectivity index (χ1n) is 6.57. The maximum Gasteiger partial charge on any atom is 0.156 e. The zero-order valence-corrected chi connectivity index (χ0v) is 11.7. The summed E-state index contributed by atoms with van der Waals surface area (Å²) in [6.07, 6.45) is 7.09. The molecule has 0 radical (unpaired) electrons. The van der Waals surface area contributed by atoms with Crippen LogP contribution in [-0.2, 0) is 0 Å². The smallest absolute Gasteiger partial charge is 0.156 e. The minimum absolute atomic E-state index is 0.287. The molecule has 18 heavy (non-hydrogen) atoms. The highest BCUT2D eigenvalue weighted by Crippen LogP contribution is 2.36. The largest absolute Gasteiger partial charge is 0.306 e. The van der Waals surface area contributed by atoms with Crippen molar-refractivity contribution in [3.63, 3.8) is 0 Å². The van der Waals surface area contributed by atoms with Crippen LogP contribution in [0.15, 0.2) is 21.3 Å². The normalized spacial score (nSPS) is 33.4. The summed E-state index contributed by atoms with van der Waals surface area (Å²) in [5, 5.41) is 6.83. The Morgan fingerprint density at radius 2 is 2.11 bits per heavy atom. The van der Waals surface area contributed by atoms with Gasteiger partial charge < -0.3 is 4.90 Å². The van der Waals surface area contributed by atoms with Crippen molar-refractivity contribution in [2.45, 2.75) is 31.8 Å².